The number of carbonyl (C=O) groups is 2. The predicted octanol–water partition coefficient (Wildman–Crippen LogP) is 2.92. The molecule has 0 aliphatic rings. The van der Waals surface area contributed by atoms with E-state index in [1.807, 2.05) is 0 Å². The maximum absolute atomic E-state index is 12.1. The van der Waals surface area contributed by atoms with E-state index in [0.29, 0.717) is 11.1 Å². The Hall–Kier alpha value is -1.64. The standard InChI is InChI=1S/C13H16O3/c1-8-6-5-7-9(10(8)12(15)16)11(14)13(2,3)4/h5-7H,1-4H3,(H,15,16). The lowest BCUT2D eigenvalue weighted by Crippen LogP contribution is -2.23. The van der Waals surface area contributed by atoms with Gasteiger partial charge in [0.15, 0.2) is 5.78 Å². The first-order chi connectivity index (χ1) is 7.25. The van der Waals surface area contributed by atoms with Crippen LogP contribution in [0.2, 0.25) is 0 Å². The summed E-state index contributed by atoms with van der Waals surface area (Å²) in [5, 5.41) is 9.11. The van der Waals surface area contributed by atoms with Crippen LogP contribution >= 0.6 is 0 Å². The molecular formula is C13H16O3. The van der Waals surface area contributed by atoms with Crippen molar-refractivity contribution in [3.8, 4) is 0 Å². The average molecular weight is 220 g/mol. The Morgan fingerprint density at radius 3 is 2.19 bits per heavy atom. The fourth-order valence-electron chi connectivity index (χ4n) is 1.54. The highest BCUT2D eigenvalue weighted by Gasteiger charge is 2.27. The lowest BCUT2D eigenvalue weighted by molar-refractivity contribution is 0.0687. The van der Waals surface area contributed by atoms with Crippen molar-refractivity contribution in [3.63, 3.8) is 0 Å². The van der Waals surface area contributed by atoms with Crippen molar-refractivity contribution in [2.24, 2.45) is 5.41 Å². The van der Waals surface area contributed by atoms with Gasteiger partial charge in [-0.1, -0.05) is 39.0 Å². The number of aryl methyl sites for hydroxylation is 1. The van der Waals surface area contributed by atoms with E-state index < -0.39 is 11.4 Å². The molecule has 1 rings (SSSR count). The first kappa shape index (κ1) is 12.4. The van der Waals surface area contributed by atoms with Gasteiger partial charge in [0, 0.05) is 11.0 Å². The van der Waals surface area contributed by atoms with E-state index in [0.717, 1.165) is 0 Å². The van der Waals surface area contributed by atoms with Gasteiger partial charge in [-0.15, -0.1) is 0 Å². The lowest BCUT2D eigenvalue weighted by Gasteiger charge is -2.18. The summed E-state index contributed by atoms with van der Waals surface area (Å²) in [6.45, 7) is 7.04. The van der Waals surface area contributed by atoms with E-state index >= 15 is 0 Å². The Kier molecular flexibility index (Phi) is 3.17. The smallest absolute Gasteiger partial charge is 0.336 e. The van der Waals surface area contributed by atoms with Gasteiger partial charge in [-0.05, 0) is 12.5 Å². The van der Waals surface area contributed by atoms with Gasteiger partial charge in [0.1, 0.15) is 0 Å². The van der Waals surface area contributed by atoms with E-state index in [4.69, 9.17) is 5.11 Å². The van der Waals surface area contributed by atoms with E-state index in [1.54, 1.807) is 45.9 Å². The average Bonchev–Trinajstić information content (AvgIpc) is 2.14. The molecule has 0 aliphatic heterocycles. The number of hydrogen-bond donors (Lipinski definition) is 1. The van der Waals surface area contributed by atoms with Crippen LogP contribution in [0.3, 0.4) is 0 Å². The van der Waals surface area contributed by atoms with Gasteiger partial charge in [0.2, 0.25) is 0 Å². The molecule has 0 fully saturated rings. The third-order valence-corrected chi connectivity index (χ3v) is 2.41. The minimum atomic E-state index is -1.05. The number of carboxylic acids is 1. The van der Waals surface area contributed by atoms with E-state index in [1.165, 1.54) is 0 Å². The zero-order valence-electron chi connectivity index (χ0n) is 10.00. The van der Waals surface area contributed by atoms with E-state index in [2.05, 4.69) is 0 Å². The summed E-state index contributed by atoms with van der Waals surface area (Å²) in [4.78, 5) is 23.2. The molecule has 0 amide bonds. The molecule has 3 heteroatoms. The SMILES string of the molecule is Cc1cccc(C(=O)C(C)(C)C)c1C(=O)O. The van der Waals surface area contributed by atoms with Crippen molar-refractivity contribution in [2.45, 2.75) is 27.7 Å². The summed E-state index contributed by atoms with van der Waals surface area (Å²) in [5.74, 6) is -1.20. The third kappa shape index (κ3) is 2.30. The summed E-state index contributed by atoms with van der Waals surface area (Å²) in [6.07, 6.45) is 0. The highest BCUT2D eigenvalue weighted by atomic mass is 16.4. The number of ketones is 1. The number of Topliss-reactive ketones (excluding diaryl/α,β-unsaturated/α-hetero) is 1. The first-order valence-corrected chi connectivity index (χ1v) is 5.13. The topological polar surface area (TPSA) is 54.4 Å². The van der Waals surface area contributed by atoms with Gasteiger partial charge in [-0.3, -0.25) is 4.79 Å². The summed E-state index contributed by atoms with van der Waals surface area (Å²) < 4.78 is 0. The summed E-state index contributed by atoms with van der Waals surface area (Å²) >= 11 is 0. The van der Waals surface area contributed by atoms with Gasteiger partial charge in [-0.2, -0.15) is 0 Å². The molecular weight excluding hydrogens is 204 g/mol. The molecule has 0 aliphatic carbocycles. The number of hydrogen-bond acceptors (Lipinski definition) is 2. The van der Waals surface area contributed by atoms with Gasteiger partial charge in [0.05, 0.1) is 5.56 Å². The monoisotopic (exact) mass is 220 g/mol. The molecule has 0 saturated heterocycles. The lowest BCUT2D eigenvalue weighted by atomic mass is 9.84. The zero-order chi connectivity index (χ0) is 12.5. The number of benzene rings is 1. The van der Waals surface area contributed by atoms with Crippen LogP contribution in [0.4, 0.5) is 0 Å². The van der Waals surface area contributed by atoms with Crippen LogP contribution in [0.1, 0.15) is 47.1 Å². The summed E-state index contributed by atoms with van der Waals surface area (Å²) in [7, 11) is 0. The first-order valence-electron chi connectivity index (χ1n) is 5.13. The Bertz CT molecular complexity index is 439. The highest BCUT2D eigenvalue weighted by Crippen LogP contribution is 2.24. The fraction of sp³-hybridized carbons (Fsp3) is 0.385. The third-order valence-electron chi connectivity index (χ3n) is 2.41. The van der Waals surface area contributed by atoms with Crippen molar-refractivity contribution < 1.29 is 14.7 Å². The molecule has 0 atom stereocenters. The van der Waals surface area contributed by atoms with Crippen LogP contribution in [0.25, 0.3) is 0 Å². The minimum absolute atomic E-state index is 0.113. The molecule has 0 bridgehead atoms. The molecule has 0 heterocycles. The normalized spacial score (nSPS) is 11.2. The van der Waals surface area contributed by atoms with Gasteiger partial charge in [-0.25, -0.2) is 4.79 Å². The van der Waals surface area contributed by atoms with Crippen LogP contribution in [-0.4, -0.2) is 16.9 Å². The van der Waals surface area contributed by atoms with Crippen molar-refractivity contribution in [1.29, 1.82) is 0 Å². The number of carbonyl (C=O) groups excluding carboxylic acids is 1. The maximum Gasteiger partial charge on any atom is 0.336 e. The largest absolute Gasteiger partial charge is 0.478 e. The number of rotatable bonds is 2. The van der Waals surface area contributed by atoms with E-state index in [-0.39, 0.29) is 11.3 Å². The summed E-state index contributed by atoms with van der Waals surface area (Å²) in [6, 6.07) is 4.98. The molecule has 86 valence electrons. The predicted molar refractivity (Wildman–Crippen MR) is 61.9 cm³/mol. The molecule has 0 saturated carbocycles. The van der Waals surface area contributed by atoms with Crippen LogP contribution in [-0.2, 0) is 0 Å². The quantitative estimate of drug-likeness (QED) is 0.779. The number of carboxylic acid groups (broad SMARTS) is 1. The fourth-order valence-corrected chi connectivity index (χ4v) is 1.54. The van der Waals surface area contributed by atoms with Crippen LogP contribution in [0.15, 0.2) is 18.2 Å². The zero-order valence-corrected chi connectivity index (χ0v) is 10.00. The van der Waals surface area contributed by atoms with Crippen molar-refractivity contribution >= 4 is 11.8 Å². The molecule has 0 aromatic heterocycles. The van der Waals surface area contributed by atoms with E-state index in [9.17, 15) is 9.59 Å². The Labute approximate surface area is 95.1 Å². The second kappa shape index (κ2) is 4.08. The molecule has 16 heavy (non-hydrogen) atoms. The van der Waals surface area contributed by atoms with Crippen molar-refractivity contribution in [2.75, 3.05) is 0 Å². The van der Waals surface area contributed by atoms with Crippen molar-refractivity contribution in [3.05, 3.63) is 34.9 Å². The molecule has 0 spiro atoms. The van der Waals surface area contributed by atoms with Crippen LogP contribution in [0, 0.1) is 12.3 Å². The Balaban J connectivity index is 3.40. The Morgan fingerprint density at radius 1 is 1.19 bits per heavy atom. The Morgan fingerprint density at radius 2 is 1.75 bits per heavy atom. The minimum Gasteiger partial charge on any atom is -0.478 e. The molecule has 3 nitrogen and oxygen atoms in total. The highest BCUT2D eigenvalue weighted by molar-refractivity contribution is 6.08. The van der Waals surface area contributed by atoms with Gasteiger partial charge in [0.25, 0.3) is 0 Å². The maximum atomic E-state index is 12.1. The van der Waals surface area contributed by atoms with Gasteiger partial charge >= 0.3 is 5.97 Å². The van der Waals surface area contributed by atoms with Crippen LogP contribution < -0.4 is 0 Å². The van der Waals surface area contributed by atoms with Gasteiger partial charge < -0.3 is 5.11 Å². The van der Waals surface area contributed by atoms with Crippen molar-refractivity contribution in [1.82, 2.24) is 0 Å². The molecule has 1 N–H and O–H groups in total. The summed E-state index contributed by atoms with van der Waals surface area (Å²) in [5.41, 5.74) is 0.447. The molecule has 1 aromatic carbocycles. The second-order valence-electron chi connectivity index (χ2n) is 4.88. The molecule has 0 unspecified atom stereocenters. The molecule has 0 radical (unpaired) electrons. The second-order valence-corrected chi connectivity index (χ2v) is 4.88. The number of aromatic carboxylic acids is 1. The van der Waals surface area contributed by atoms with Crippen LogP contribution in [0.5, 0.6) is 0 Å². The molecule has 1 aromatic rings.